The van der Waals surface area contributed by atoms with Crippen LogP contribution in [0.15, 0.2) is 16.6 Å². The first-order valence-electron chi connectivity index (χ1n) is 5.68. The van der Waals surface area contributed by atoms with E-state index in [1.165, 1.54) is 6.07 Å². The third-order valence-electron chi connectivity index (χ3n) is 2.82. The van der Waals surface area contributed by atoms with Crippen LogP contribution in [0.3, 0.4) is 0 Å². The molecule has 0 radical (unpaired) electrons. The molecule has 2 aromatic rings. The first-order chi connectivity index (χ1) is 9.58. The van der Waals surface area contributed by atoms with Gasteiger partial charge in [-0.15, -0.1) is 0 Å². The molecular formula is C12H9BrN2O5. The Morgan fingerprint density at radius 1 is 1.35 bits per heavy atom. The Bertz CT molecular complexity index is 697. The molecule has 1 aliphatic rings. The van der Waals surface area contributed by atoms with E-state index >= 15 is 0 Å². The highest BCUT2D eigenvalue weighted by Crippen LogP contribution is 2.48. The number of aromatic nitrogens is 2. The summed E-state index contributed by atoms with van der Waals surface area (Å²) >= 11 is 3.22. The third kappa shape index (κ3) is 1.97. The molecule has 20 heavy (non-hydrogen) atoms. The van der Waals surface area contributed by atoms with Crippen molar-refractivity contribution in [3.63, 3.8) is 0 Å². The number of phenolic OH excluding ortho intramolecular Hbond substituents is 1. The number of hydrogen-bond donors (Lipinski definition) is 3. The van der Waals surface area contributed by atoms with Gasteiger partial charge < -0.3 is 19.7 Å². The van der Waals surface area contributed by atoms with Crippen molar-refractivity contribution in [2.24, 2.45) is 0 Å². The molecule has 3 N–H and O–H groups in total. The van der Waals surface area contributed by atoms with E-state index in [0.29, 0.717) is 29.2 Å². The zero-order chi connectivity index (χ0) is 14.3. The maximum Gasteiger partial charge on any atom is 0.353 e. The fourth-order valence-electron chi connectivity index (χ4n) is 1.94. The van der Waals surface area contributed by atoms with Crippen LogP contribution < -0.4 is 9.47 Å². The Hall–Kier alpha value is -2.22. The van der Waals surface area contributed by atoms with Gasteiger partial charge in [0, 0.05) is 6.07 Å². The Kier molecular flexibility index (Phi) is 3.01. The van der Waals surface area contributed by atoms with Crippen molar-refractivity contribution in [3.05, 3.63) is 22.3 Å². The molecule has 0 atom stereocenters. The highest BCUT2D eigenvalue weighted by molar-refractivity contribution is 9.10. The van der Waals surface area contributed by atoms with Crippen molar-refractivity contribution in [1.82, 2.24) is 10.2 Å². The van der Waals surface area contributed by atoms with Crippen molar-refractivity contribution in [2.45, 2.75) is 0 Å². The summed E-state index contributed by atoms with van der Waals surface area (Å²) in [4.78, 5) is 10.9. The SMILES string of the molecule is O=C(O)c1cc(-c2c(O)c(Br)cc3c2OCCO3)n[nH]1. The van der Waals surface area contributed by atoms with Gasteiger partial charge in [-0.1, -0.05) is 0 Å². The molecule has 0 aliphatic carbocycles. The zero-order valence-corrected chi connectivity index (χ0v) is 11.6. The van der Waals surface area contributed by atoms with Crippen LogP contribution in [0.4, 0.5) is 0 Å². The Morgan fingerprint density at radius 2 is 2.10 bits per heavy atom. The van der Waals surface area contributed by atoms with Gasteiger partial charge in [0.25, 0.3) is 0 Å². The largest absolute Gasteiger partial charge is 0.506 e. The number of phenols is 1. The van der Waals surface area contributed by atoms with Gasteiger partial charge in [-0.3, -0.25) is 5.10 Å². The van der Waals surface area contributed by atoms with Gasteiger partial charge in [-0.25, -0.2) is 4.79 Å². The van der Waals surface area contributed by atoms with Crippen LogP contribution in [0.2, 0.25) is 0 Å². The predicted molar refractivity (Wildman–Crippen MR) is 71.3 cm³/mol. The molecule has 0 fully saturated rings. The lowest BCUT2D eigenvalue weighted by Crippen LogP contribution is -2.16. The minimum absolute atomic E-state index is 0.0788. The second-order valence-corrected chi connectivity index (χ2v) is 4.93. The number of fused-ring (bicyclic) bond motifs is 1. The average Bonchev–Trinajstić information content (AvgIpc) is 2.90. The summed E-state index contributed by atoms with van der Waals surface area (Å²) in [5.74, 6) is -0.404. The van der Waals surface area contributed by atoms with Gasteiger partial charge in [0.2, 0.25) is 0 Å². The van der Waals surface area contributed by atoms with Gasteiger partial charge in [-0.2, -0.15) is 5.10 Å². The average molecular weight is 341 g/mol. The number of rotatable bonds is 2. The maximum absolute atomic E-state index is 10.9. The van der Waals surface area contributed by atoms with Gasteiger partial charge in [-0.05, 0) is 22.0 Å². The van der Waals surface area contributed by atoms with Crippen LogP contribution in [-0.2, 0) is 0 Å². The van der Waals surface area contributed by atoms with Crippen molar-refractivity contribution in [1.29, 1.82) is 0 Å². The highest BCUT2D eigenvalue weighted by atomic mass is 79.9. The molecule has 2 heterocycles. The molecule has 0 spiro atoms. The second-order valence-electron chi connectivity index (χ2n) is 4.08. The minimum Gasteiger partial charge on any atom is -0.506 e. The number of aromatic carboxylic acids is 1. The molecule has 1 aromatic heterocycles. The number of benzene rings is 1. The Labute approximate surface area is 121 Å². The summed E-state index contributed by atoms with van der Waals surface area (Å²) < 4.78 is 11.4. The lowest BCUT2D eigenvalue weighted by atomic mass is 10.1. The third-order valence-corrected chi connectivity index (χ3v) is 3.43. The van der Waals surface area contributed by atoms with E-state index in [0.717, 1.165) is 0 Å². The van der Waals surface area contributed by atoms with E-state index in [9.17, 15) is 9.90 Å². The topological polar surface area (TPSA) is 105 Å². The van der Waals surface area contributed by atoms with Crippen LogP contribution in [0, 0.1) is 0 Å². The Balaban J connectivity index is 2.20. The summed E-state index contributed by atoms with van der Waals surface area (Å²) in [6.45, 7) is 0.752. The lowest BCUT2D eigenvalue weighted by molar-refractivity contribution is 0.0690. The number of nitrogens with one attached hydrogen (secondary N) is 1. The molecule has 104 valence electrons. The fourth-order valence-corrected chi connectivity index (χ4v) is 2.35. The normalized spacial score (nSPS) is 13.2. The molecule has 0 bridgehead atoms. The molecule has 3 rings (SSSR count). The molecule has 8 heteroatoms. The summed E-state index contributed by atoms with van der Waals surface area (Å²) in [5.41, 5.74) is 0.477. The molecule has 0 unspecified atom stereocenters. The number of nitrogens with zero attached hydrogens (tertiary/aromatic N) is 1. The number of carboxylic acids is 1. The summed E-state index contributed by atoms with van der Waals surface area (Å²) in [6, 6.07) is 2.92. The monoisotopic (exact) mass is 340 g/mol. The van der Waals surface area contributed by atoms with Gasteiger partial charge in [0.15, 0.2) is 11.5 Å². The van der Waals surface area contributed by atoms with Crippen molar-refractivity contribution in [2.75, 3.05) is 13.2 Å². The van der Waals surface area contributed by atoms with Crippen LogP contribution in [0.25, 0.3) is 11.3 Å². The molecule has 0 saturated heterocycles. The smallest absolute Gasteiger partial charge is 0.353 e. The first kappa shape index (κ1) is 12.8. The molecule has 0 saturated carbocycles. The Morgan fingerprint density at radius 3 is 2.80 bits per heavy atom. The van der Waals surface area contributed by atoms with Crippen LogP contribution in [0.1, 0.15) is 10.5 Å². The number of halogens is 1. The number of H-pyrrole nitrogens is 1. The molecule has 0 amide bonds. The summed E-state index contributed by atoms with van der Waals surface area (Å²) in [5, 5.41) is 25.4. The predicted octanol–water partition coefficient (Wildman–Crippen LogP) is 2.01. The van der Waals surface area contributed by atoms with E-state index in [4.69, 9.17) is 14.6 Å². The fraction of sp³-hybridized carbons (Fsp3) is 0.167. The quantitative estimate of drug-likeness (QED) is 0.772. The zero-order valence-electron chi connectivity index (χ0n) is 10.0. The summed E-state index contributed by atoms with van der Waals surface area (Å²) in [6.07, 6.45) is 0. The van der Waals surface area contributed by atoms with E-state index < -0.39 is 5.97 Å². The number of aromatic amines is 1. The standard InChI is InChI=1S/C12H9BrN2O5/c13-5-3-8-11(20-2-1-19-8)9(10(5)16)6-4-7(12(17)18)15-14-6/h3-4,16H,1-2H2,(H,14,15)(H,17,18). The van der Waals surface area contributed by atoms with Crippen molar-refractivity contribution < 1.29 is 24.5 Å². The van der Waals surface area contributed by atoms with Gasteiger partial charge in [0.05, 0.1) is 10.0 Å². The summed E-state index contributed by atoms with van der Waals surface area (Å²) in [7, 11) is 0. The van der Waals surface area contributed by atoms with E-state index in [1.807, 2.05) is 0 Å². The van der Waals surface area contributed by atoms with Crippen LogP contribution in [0.5, 0.6) is 17.2 Å². The maximum atomic E-state index is 10.9. The molecule has 1 aromatic carbocycles. The van der Waals surface area contributed by atoms with Gasteiger partial charge in [0.1, 0.15) is 30.4 Å². The number of aromatic hydroxyl groups is 1. The van der Waals surface area contributed by atoms with E-state index in [-0.39, 0.29) is 22.7 Å². The molecule has 7 nitrogen and oxygen atoms in total. The van der Waals surface area contributed by atoms with Gasteiger partial charge >= 0.3 is 5.97 Å². The first-order valence-corrected chi connectivity index (χ1v) is 6.47. The van der Waals surface area contributed by atoms with E-state index in [2.05, 4.69) is 26.1 Å². The number of ether oxygens (including phenoxy) is 2. The number of carboxylic acid groups (broad SMARTS) is 1. The van der Waals surface area contributed by atoms with Crippen molar-refractivity contribution in [3.8, 4) is 28.5 Å². The van der Waals surface area contributed by atoms with Crippen LogP contribution in [-0.4, -0.2) is 39.6 Å². The van der Waals surface area contributed by atoms with Crippen LogP contribution >= 0.6 is 15.9 Å². The molecular weight excluding hydrogens is 332 g/mol. The number of carbonyl (C=O) groups is 1. The highest BCUT2D eigenvalue weighted by Gasteiger charge is 2.25. The molecule has 1 aliphatic heterocycles. The minimum atomic E-state index is -1.13. The van der Waals surface area contributed by atoms with Crippen molar-refractivity contribution >= 4 is 21.9 Å². The second kappa shape index (κ2) is 4.71. The lowest BCUT2D eigenvalue weighted by Gasteiger charge is -2.21. The number of hydrogen-bond acceptors (Lipinski definition) is 5. The van der Waals surface area contributed by atoms with E-state index in [1.54, 1.807) is 6.07 Å².